The number of ether oxygens (including phenoxy) is 1. The summed E-state index contributed by atoms with van der Waals surface area (Å²) >= 11 is 0. The second-order valence-corrected chi connectivity index (χ2v) is 8.87. The van der Waals surface area contributed by atoms with E-state index in [1.165, 1.54) is 11.4 Å². The third-order valence-electron chi connectivity index (χ3n) is 4.67. The van der Waals surface area contributed by atoms with Crippen molar-refractivity contribution >= 4 is 38.9 Å². The number of amides is 2. The van der Waals surface area contributed by atoms with Crippen LogP contribution in [0.5, 0.6) is 5.75 Å². The molecule has 9 heteroatoms. The van der Waals surface area contributed by atoms with Crippen molar-refractivity contribution in [2.24, 2.45) is 0 Å². The number of rotatable bonds is 4. The van der Waals surface area contributed by atoms with Crippen LogP contribution in [-0.2, 0) is 19.6 Å². The van der Waals surface area contributed by atoms with Gasteiger partial charge >= 0.3 is 11.8 Å². The van der Waals surface area contributed by atoms with Crippen LogP contribution in [0, 0.1) is 13.8 Å². The Morgan fingerprint density at radius 2 is 1.69 bits per heavy atom. The van der Waals surface area contributed by atoms with Crippen molar-refractivity contribution in [1.29, 1.82) is 0 Å². The molecule has 1 aliphatic rings. The summed E-state index contributed by atoms with van der Waals surface area (Å²) in [6, 6.07) is 10.2. The van der Waals surface area contributed by atoms with Crippen molar-refractivity contribution in [2.75, 3.05) is 34.3 Å². The van der Waals surface area contributed by atoms with E-state index in [9.17, 15) is 18.0 Å². The molecule has 2 aromatic carbocycles. The van der Waals surface area contributed by atoms with E-state index in [0.717, 1.165) is 5.56 Å². The number of benzene rings is 2. The molecular weight excluding hydrogens is 394 g/mol. The first-order chi connectivity index (χ1) is 13.7. The summed E-state index contributed by atoms with van der Waals surface area (Å²) < 4.78 is 30.8. The second kappa shape index (κ2) is 8.12. The van der Waals surface area contributed by atoms with Crippen LogP contribution < -0.4 is 19.7 Å². The molecule has 1 fully saturated rings. The van der Waals surface area contributed by atoms with E-state index in [1.54, 1.807) is 37.3 Å². The molecule has 0 saturated carbocycles. The molecule has 0 atom stereocenters. The highest BCUT2D eigenvalue weighted by molar-refractivity contribution is 7.93. The molecule has 3 rings (SSSR count). The average Bonchev–Trinajstić information content (AvgIpc) is 3.02. The number of hydrogen-bond acceptors (Lipinski definition) is 5. The number of sulfonamides is 1. The molecule has 2 aromatic rings. The highest BCUT2D eigenvalue weighted by Crippen LogP contribution is 2.29. The maximum Gasteiger partial charge on any atom is 0.314 e. The molecule has 0 spiro atoms. The van der Waals surface area contributed by atoms with Crippen molar-refractivity contribution in [3.63, 3.8) is 0 Å². The summed E-state index contributed by atoms with van der Waals surface area (Å²) in [4.78, 5) is 24.8. The Morgan fingerprint density at radius 1 is 1.00 bits per heavy atom. The SMILES string of the molecule is COc1ccc(C)cc1NC(=O)C(=O)Nc1cc(N2CCCS2(=O)=O)ccc1C. The fourth-order valence-corrected chi connectivity index (χ4v) is 4.66. The zero-order valence-corrected chi connectivity index (χ0v) is 17.3. The molecular formula is C20H23N3O5S. The first-order valence-electron chi connectivity index (χ1n) is 9.09. The predicted octanol–water partition coefficient (Wildman–Crippen LogP) is 2.43. The minimum atomic E-state index is -3.34. The highest BCUT2D eigenvalue weighted by atomic mass is 32.2. The number of carbonyl (C=O) groups is 2. The first kappa shape index (κ1) is 20.7. The molecule has 1 heterocycles. The lowest BCUT2D eigenvalue weighted by Crippen LogP contribution is -2.30. The van der Waals surface area contributed by atoms with Gasteiger partial charge in [0.2, 0.25) is 10.0 Å². The van der Waals surface area contributed by atoms with E-state index < -0.39 is 21.8 Å². The lowest BCUT2D eigenvalue weighted by Gasteiger charge is -2.19. The summed E-state index contributed by atoms with van der Waals surface area (Å²) in [5.74, 6) is -1.18. The Hall–Kier alpha value is -3.07. The normalized spacial score (nSPS) is 15.1. The maximum atomic E-state index is 12.4. The van der Waals surface area contributed by atoms with Crippen LogP contribution in [0.2, 0.25) is 0 Å². The number of hydrogen-bond donors (Lipinski definition) is 2. The van der Waals surface area contributed by atoms with Crippen LogP contribution in [0.4, 0.5) is 17.1 Å². The molecule has 0 radical (unpaired) electrons. The van der Waals surface area contributed by atoms with Crippen LogP contribution in [0.1, 0.15) is 17.5 Å². The number of nitrogens with zero attached hydrogens (tertiary/aromatic N) is 1. The Bertz CT molecular complexity index is 1070. The van der Waals surface area contributed by atoms with E-state index >= 15 is 0 Å². The molecule has 154 valence electrons. The Balaban J connectivity index is 1.77. The second-order valence-electron chi connectivity index (χ2n) is 6.85. The smallest absolute Gasteiger partial charge is 0.314 e. The van der Waals surface area contributed by atoms with Gasteiger partial charge in [-0.3, -0.25) is 13.9 Å². The van der Waals surface area contributed by atoms with Crippen LogP contribution in [0.25, 0.3) is 0 Å². The molecule has 1 aliphatic heterocycles. The fraction of sp³-hybridized carbons (Fsp3) is 0.300. The lowest BCUT2D eigenvalue weighted by molar-refractivity contribution is -0.133. The summed E-state index contributed by atoms with van der Waals surface area (Å²) in [6.45, 7) is 4.02. The van der Waals surface area contributed by atoms with Crippen LogP contribution in [0.3, 0.4) is 0 Å². The Labute approximate surface area is 169 Å². The molecule has 29 heavy (non-hydrogen) atoms. The molecule has 0 unspecified atom stereocenters. The van der Waals surface area contributed by atoms with Gasteiger partial charge in [0.15, 0.2) is 0 Å². The van der Waals surface area contributed by atoms with Gasteiger partial charge in [-0.2, -0.15) is 0 Å². The standard InChI is InChI=1S/C20H23N3O5S/c1-13-5-8-18(28-3)17(11-13)22-20(25)19(24)21-16-12-15(7-6-14(16)2)23-9-4-10-29(23,26)27/h5-8,11-12H,4,9-10H2,1-3H3,(H,21,24)(H,22,25). The van der Waals surface area contributed by atoms with Gasteiger partial charge in [-0.1, -0.05) is 12.1 Å². The quantitative estimate of drug-likeness (QED) is 0.744. The van der Waals surface area contributed by atoms with Crippen molar-refractivity contribution in [3.8, 4) is 5.75 Å². The first-order valence-corrected chi connectivity index (χ1v) is 10.7. The van der Waals surface area contributed by atoms with Gasteiger partial charge in [0.1, 0.15) is 5.75 Å². The van der Waals surface area contributed by atoms with Gasteiger partial charge in [-0.15, -0.1) is 0 Å². The maximum absolute atomic E-state index is 12.4. The summed E-state index contributed by atoms with van der Waals surface area (Å²) in [7, 11) is -1.87. The highest BCUT2D eigenvalue weighted by Gasteiger charge is 2.29. The van der Waals surface area contributed by atoms with Crippen LogP contribution in [-0.4, -0.2) is 39.6 Å². The van der Waals surface area contributed by atoms with E-state index in [1.807, 2.05) is 13.0 Å². The lowest BCUT2D eigenvalue weighted by atomic mass is 10.1. The van der Waals surface area contributed by atoms with Gasteiger partial charge in [0, 0.05) is 12.2 Å². The zero-order chi connectivity index (χ0) is 21.2. The van der Waals surface area contributed by atoms with Crippen molar-refractivity contribution in [3.05, 3.63) is 47.5 Å². The molecule has 2 amide bonds. The number of aryl methyl sites for hydroxylation is 2. The molecule has 1 saturated heterocycles. The van der Waals surface area contributed by atoms with Crippen molar-refractivity contribution < 1.29 is 22.7 Å². The summed E-state index contributed by atoms with van der Waals surface area (Å²) in [5, 5.41) is 5.10. The Morgan fingerprint density at radius 3 is 2.31 bits per heavy atom. The van der Waals surface area contributed by atoms with Gasteiger partial charge < -0.3 is 15.4 Å². The third-order valence-corrected chi connectivity index (χ3v) is 6.54. The zero-order valence-electron chi connectivity index (χ0n) is 16.5. The number of methoxy groups -OCH3 is 1. The molecule has 0 bridgehead atoms. The monoisotopic (exact) mass is 417 g/mol. The van der Waals surface area contributed by atoms with Crippen molar-refractivity contribution in [2.45, 2.75) is 20.3 Å². The number of anilines is 3. The van der Waals surface area contributed by atoms with Crippen molar-refractivity contribution in [1.82, 2.24) is 0 Å². The Kier molecular flexibility index (Phi) is 5.78. The topological polar surface area (TPSA) is 105 Å². The number of nitrogens with one attached hydrogen (secondary N) is 2. The van der Waals surface area contributed by atoms with Crippen LogP contribution >= 0.6 is 0 Å². The average molecular weight is 417 g/mol. The van der Waals surface area contributed by atoms with E-state index in [4.69, 9.17) is 4.74 Å². The largest absolute Gasteiger partial charge is 0.495 e. The van der Waals surface area contributed by atoms with E-state index in [-0.39, 0.29) is 5.75 Å². The summed E-state index contributed by atoms with van der Waals surface area (Å²) in [5.41, 5.74) is 2.84. The molecule has 0 aliphatic carbocycles. The third kappa shape index (κ3) is 4.51. The fourth-order valence-electron chi connectivity index (χ4n) is 3.11. The van der Waals surface area contributed by atoms with Gasteiger partial charge in [0.05, 0.1) is 24.2 Å². The molecule has 0 aromatic heterocycles. The van der Waals surface area contributed by atoms with E-state index in [0.29, 0.717) is 41.3 Å². The van der Waals surface area contributed by atoms with Gasteiger partial charge in [-0.05, 0) is 55.7 Å². The number of carbonyl (C=O) groups excluding carboxylic acids is 2. The minimum absolute atomic E-state index is 0.100. The van der Waals surface area contributed by atoms with Gasteiger partial charge in [-0.25, -0.2) is 8.42 Å². The minimum Gasteiger partial charge on any atom is -0.495 e. The molecule has 8 nitrogen and oxygen atoms in total. The van der Waals surface area contributed by atoms with Gasteiger partial charge in [0.25, 0.3) is 0 Å². The summed E-state index contributed by atoms with van der Waals surface area (Å²) in [6.07, 6.45) is 0.554. The van der Waals surface area contributed by atoms with E-state index in [2.05, 4.69) is 10.6 Å². The molecule has 2 N–H and O–H groups in total. The van der Waals surface area contributed by atoms with Crippen LogP contribution in [0.15, 0.2) is 36.4 Å². The predicted molar refractivity (Wildman–Crippen MR) is 112 cm³/mol.